The molecule has 0 fully saturated rings. The fourth-order valence-corrected chi connectivity index (χ4v) is 7.10. The standard InChI is InChI=1S/C54H72N2O8/c1-3-5-7-9-11-13-15-17-19-21-37-61-47-29-23-43(24-30-47)53(59)63-49-33-27-45(51(57)39-49)41-55-35-36-56-42-46-28-34-50(40-52(46)58)64-54(60)44-25-31-48(32-26-44)62-38-22-20-18-16-14-12-10-8-6-4-2/h23-34,39-42,57-58H,3-22,35-38H2,1-2H3. The molecule has 0 aliphatic rings. The molecule has 0 aliphatic heterocycles. The van der Waals surface area contributed by atoms with Gasteiger partial charge in [0, 0.05) is 35.7 Å². The zero-order valence-corrected chi connectivity index (χ0v) is 38.4. The first kappa shape index (κ1) is 51.0. The number of phenols is 2. The molecule has 0 aromatic heterocycles. The van der Waals surface area contributed by atoms with Gasteiger partial charge in [-0.15, -0.1) is 0 Å². The summed E-state index contributed by atoms with van der Waals surface area (Å²) in [5, 5.41) is 21.1. The van der Waals surface area contributed by atoms with E-state index in [0.717, 1.165) is 25.7 Å². The van der Waals surface area contributed by atoms with Gasteiger partial charge in [0.2, 0.25) is 0 Å². The minimum atomic E-state index is -0.539. The average molecular weight is 877 g/mol. The minimum Gasteiger partial charge on any atom is -0.507 e. The first-order chi connectivity index (χ1) is 31.4. The van der Waals surface area contributed by atoms with Crippen molar-refractivity contribution in [2.45, 2.75) is 142 Å². The van der Waals surface area contributed by atoms with Gasteiger partial charge in [-0.3, -0.25) is 9.98 Å². The minimum absolute atomic E-state index is 0.0835. The summed E-state index contributed by atoms with van der Waals surface area (Å²) in [7, 11) is 0. The van der Waals surface area contributed by atoms with Crippen LogP contribution >= 0.6 is 0 Å². The Kier molecular flexibility index (Phi) is 24.9. The van der Waals surface area contributed by atoms with E-state index in [9.17, 15) is 19.8 Å². The van der Waals surface area contributed by atoms with Crippen molar-refractivity contribution in [3.05, 3.63) is 107 Å². The Labute approximate surface area is 382 Å². The van der Waals surface area contributed by atoms with Crippen LogP contribution in [0.1, 0.15) is 174 Å². The molecule has 0 amide bonds. The van der Waals surface area contributed by atoms with E-state index < -0.39 is 11.9 Å². The largest absolute Gasteiger partial charge is 0.507 e. The van der Waals surface area contributed by atoms with Crippen LogP contribution in [0.2, 0.25) is 0 Å². The van der Waals surface area contributed by atoms with Crippen molar-refractivity contribution in [1.82, 2.24) is 0 Å². The fourth-order valence-electron chi connectivity index (χ4n) is 7.10. The summed E-state index contributed by atoms with van der Waals surface area (Å²) in [6.07, 6.45) is 28.5. The van der Waals surface area contributed by atoms with Crippen molar-refractivity contribution in [1.29, 1.82) is 0 Å². The van der Waals surface area contributed by atoms with E-state index in [-0.39, 0.29) is 23.0 Å². The lowest BCUT2D eigenvalue weighted by atomic mass is 10.1. The molecule has 0 spiro atoms. The summed E-state index contributed by atoms with van der Waals surface area (Å²) in [5.74, 6) is 0.597. The number of carbonyl (C=O) groups is 2. The number of hydrogen-bond donors (Lipinski definition) is 2. The third kappa shape index (κ3) is 20.7. The number of carbonyl (C=O) groups excluding carboxylic acids is 2. The first-order valence-electron chi connectivity index (χ1n) is 23.9. The predicted molar refractivity (Wildman–Crippen MR) is 259 cm³/mol. The van der Waals surface area contributed by atoms with E-state index in [1.165, 1.54) is 127 Å². The number of phenolic OH excluding ortho intramolecular Hbond substituents is 2. The van der Waals surface area contributed by atoms with Crippen molar-refractivity contribution in [3.8, 4) is 34.5 Å². The molecule has 4 aromatic carbocycles. The maximum Gasteiger partial charge on any atom is 0.343 e. The second kappa shape index (κ2) is 31.2. The second-order valence-corrected chi connectivity index (χ2v) is 16.4. The van der Waals surface area contributed by atoms with Crippen LogP contribution < -0.4 is 18.9 Å². The highest BCUT2D eigenvalue weighted by molar-refractivity contribution is 5.92. The number of aromatic hydroxyl groups is 2. The van der Waals surface area contributed by atoms with Crippen LogP contribution in [-0.2, 0) is 0 Å². The zero-order chi connectivity index (χ0) is 45.5. The molecule has 0 atom stereocenters. The molecule has 0 aliphatic carbocycles. The number of hydrogen-bond acceptors (Lipinski definition) is 10. The van der Waals surface area contributed by atoms with Gasteiger partial charge in [0.25, 0.3) is 0 Å². The number of ether oxygens (including phenoxy) is 4. The Balaban J connectivity index is 1.09. The molecule has 0 unspecified atom stereocenters. The molecule has 0 saturated heterocycles. The van der Waals surface area contributed by atoms with Gasteiger partial charge in [-0.2, -0.15) is 0 Å². The maximum absolute atomic E-state index is 12.7. The van der Waals surface area contributed by atoms with Crippen LogP contribution in [0.3, 0.4) is 0 Å². The van der Waals surface area contributed by atoms with E-state index in [2.05, 4.69) is 23.8 Å². The Morgan fingerprint density at radius 2 is 0.750 bits per heavy atom. The fraction of sp³-hybridized carbons (Fsp3) is 0.481. The molecule has 10 nitrogen and oxygen atoms in total. The van der Waals surface area contributed by atoms with Crippen LogP contribution in [0.25, 0.3) is 0 Å². The lowest BCUT2D eigenvalue weighted by molar-refractivity contribution is 0.0724. The molecule has 4 aromatic rings. The lowest BCUT2D eigenvalue weighted by Crippen LogP contribution is -2.08. The van der Waals surface area contributed by atoms with Crippen molar-refractivity contribution >= 4 is 24.4 Å². The quantitative estimate of drug-likeness (QED) is 0.0209. The smallest absolute Gasteiger partial charge is 0.343 e. The molecule has 0 bridgehead atoms. The highest BCUT2D eigenvalue weighted by atomic mass is 16.5. The molecule has 0 heterocycles. The molecule has 0 saturated carbocycles. The van der Waals surface area contributed by atoms with Gasteiger partial charge in [0.05, 0.1) is 37.4 Å². The Bertz CT molecular complexity index is 1830. The molecule has 64 heavy (non-hydrogen) atoms. The molecular formula is C54H72N2O8. The lowest BCUT2D eigenvalue weighted by Gasteiger charge is -2.08. The first-order valence-corrected chi connectivity index (χ1v) is 23.9. The summed E-state index contributed by atoms with van der Waals surface area (Å²) in [5.41, 5.74) is 1.67. The van der Waals surface area contributed by atoms with Crippen LogP contribution in [0, 0.1) is 0 Å². The summed E-state index contributed by atoms with van der Waals surface area (Å²) in [6.45, 7) is 6.44. The number of rotatable bonds is 33. The zero-order valence-electron chi connectivity index (χ0n) is 38.4. The number of benzene rings is 4. The van der Waals surface area contributed by atoms with Gasteiger partial charge in [-0.1, -0.05) is 129 Å². The number of esters is 2. The summed E-state index contributed by atoms with van der Waals surface area (Å²) in [4.78, 5) is 34.2. The van der Waals surface area contributed by atoms with E-state index in [4.69, 9.17) is 18.9 Å². The van der Waals surface area contributed by atoms with Gasteiger partial charge in [0.15, 0.2) is 0 Å². The van der Waals surface area contributed by atoms with Crippen molar-refractivity contribution in [2.24, 2.45) is 9.98 Å². The average Bonchev–Trinajstić information content (AvgIpc) is 3.30. The van der Waals surface area contributed by atoms with Gasteiger partial charge in [-0.05, 0) is 85.6 Å². The molecule has 346 valence electrons. The highest BCUT2D eigenvalue weighted by Gasteiger charge is 2.12. The normalized spacial score (nSPS) is 11.3. The van der Waals surface area contributed by atoms with E-state index in [1.807, 2.05) is 0 Å². The third-order valence-corrected chi connectivity index (χ3v) is 11.0. The van der Waals surface area contributed by atoms with Crippen LogP contribution in [0.5, 0.6) is 34.5 Å². The number of nitrogens with zero attached hydrogens (tertiary/aromatic N) is 2. The molecular weight excluding hydrogens is 805 g/mol. The Morgan fingerprint density at radius 1 is 0.438 bits per heavy atom. The van der Waals surface area contributed by atoms with E-state index in [1.54, 1.807) is 72.8 Å². The van der Waals surface area contributed by atoms with Gasteiger partial charge >= 0.3 is 11.9 Å². The maximum atomic E-state index is 12.7. The molecule has 0 radical (unpaired) electrons. The Morgan fingerprint density at radius 3 is 1.08 bits per heavy atom. The SMILES string of the molecule is CCCCCCCCCCCCOc1ccc(C(=O)Oc2ccc(C=NCCN=Cc3ccc(OC(=O)c4ccc(OCCCCCCCCCCCC)cc4)cc3O)c(O)c2)cc1. The van der Waals surface area contributed by atoms with Gasteiger partial charge in [0.1, 0.15) is 34.5 Å². The predicted octanol–water partition coefficient (Wildman–Crippen LogP) is 13.7. The molecule has 4 rings (SSSR count). The number of unbranched alkanes of at least 4 members (excludes halogenated alkanes) is 18. The van der Waals surface area contributed by atoms with Crippen molar-refractivity contribution in [2.75, 3.05) is 26.3 Å². The Hall–Kier alpha value is -5.64. The summed E-state index contributed by atoms with van der Waals surface area (Å²) < 4.78 is 22.7. The van der Waals surface area contributed by atoms with Gasteiger partial charge in [-0.25, -0.2) is 9.59 Å². The van der Waals surface area contributed by atoms with Crippen LogP contribution in [0.15, 0.2) is 94.9 Å². The summed E-state index contributed by atoms with van der Waals surface area (Å²) in [6, 6.07) is 22.9. The van der Waals surface area contributed by atoms with Crippen molar-refractivity contribution < 1.29 is 38.7 Å². The van der Waals surface area contributed by atoms with Crippen molar-refractivity contribution in [3.63, 3.8) is 0 Å². The summed E-state index contributed by atoms with van der Waals surface area (Å²) >= 11 is 0. The highest BCUT2D eigenvalue weighted by Crippen LogP contribution is 2.26. The second-order valence-electron chi connectivity index (χ2n) is 16.4. The van der Waals surface area contributed by atoms with Gasteiger partial charge < -0.3 is 29.2 Å². The monoisotopic (exact) mass is 877 g/mol. The topological polar surface area (TPSA) is 136 Å². The van der Waals surface area contributed by atoms with Crippen LogP contribution in [0.4, 0.5) is 0 Å². The van der Waals surface area contributed by atoms with Crippen LogP contribution in [-0.4, -0.2) is 60.9 Å². The third-order valence-electron chi connectivity index (χ3n) is 11.0. The van der Waals surface area contributed by atoms with E-state index in [0.29, 0.717) is 60.1 Å². The molecule has 10 heteroatoms. The molecule has 2 N–H and O–H groups in total. The number of aliphatic imine (C=N–C) groups is 2. The van der Waals surface area contributed by atoms with E-state index >= 15 is 0 Å².